The Morgan fingerprint density at radius 1 is 1.11 bits per heavy atom. The molecule has 4 nitrogen and oxygen atoms in total. The van der Waals surface area contributed by atoms with Gasteiger partial charge in [0.25, 0.3) is 0 Å². The minimum atomic E-state index is -1.21. The zero-order valence-corrected chi connectivity index (χ0v) is 5.00. The highest BCUT2D eigenvalue weighted by molar-refractivity contribution is 4.69. The van der Waals surface area contributed by atoms with Gasteiger partial charge in [-0.2, -0.15) is 0 Å². The lowest BCUT2D eigenvalue weighted by molar-refractivity contribution is -0.445. The molecule has 3 aliphatic rings. The number of hydrogen-bond acceptors (Lipinski definition) is 4. The van der Waals surface area contributed by atoms with E-state index < -0.39 is 6.10 Å². The van der Waals surface area contributed by atoms with E-state index in [2.05, 4.69) is 0 Å². The molecule has 0 atom stereocenters. The summed E-state index contributed by atoms with van der Waals surface area (Å²) >= 11 is 0. The first-order chi connectivity index (χ1) is 4.29. The van der Waals surface area contributed by atoms with Crippen LogP contribution in [0.1, 0.15) is 0 Å². The maximum Gasteiger partial charge on any atom is 0.348 e. The molecule has 0 aromatic rings. The van der Waals surface area contributed by atoms with Crippen molar-refractivity contribution in [2.24, 2.45) is 11.7 Å². The molecule has 2 bridgehead atoms. The van der Waals surface area contributed by atoms with Gasteiger partial charge in [0.15, 0.2) is 0 Å². The molecule has 3 heterocycles. The molecule has 2 N–H and O–H groups in total. The van der Waals surface area contributed by atoms with Crippen molar-refractivity contribution in [3.05, 3.63) is 0 Å². The third-order valence-corrected chi connectivity index (χ3v) is 1.56. The van der Waals surface area contributed by atoms with Gasteiger partial charge < -0.3 is 14.2 Å². The molecule has 0 radical (unpaired) electrons. The van der Waals surface area contributed by atoms with E-state index >= 15 is 0 Å². The Balaban J connectivity index is 2.11. The van der Waals surface area contributed by atoms with E-state index in [0.29, 0.717) is 25.7 Å². The minimum Gasteiger partial charge on any atom is -0.314 e. The maximum absolute atomic E-state index is 5.43. The summed E-state index contributed by atoms with van der Waals surface area (Å²) in [6, 6.07) is 0. The van der Waals surface area contributed by atoms with E-state index in [1.165, 1.54) is 0 Å². The van der Waals surface area contributed by atoms with Gasteiger partial charge >= 0.3 is 6.10 Å². The molecule has 0 aliphatic carbocycles. The molecule has 0 aromatic heterocycles. The van der Waals surface area contributed by atoms with Gasteiger partial charge in [-0.15, -0.1) is 0 Å². The van der Waals surface area contributed by atoms with Crippen LogP contribution in [0.2, 0.25) is 0 Å². The van der Waals surface area contributed by atoms with Crippen molar-refractivity contribution in [1.82, 2.24) is 0 Å². The molecule has 4 heteroatoms. The van der Waals surface area contributed by atoms with Crippen LogP contribution in [-0.4, -0.2) is 25.9 Å². The third-order valence-electron chi connectivity index (χ3n) is 1.56. The molecule has 3 aliphatic heterocycles. The second kappa shape index (κ2) is 1.67. The number of ether oxygens (including phenoxy) is 3. The van der Waals surface area contributed by atoms with Gasteiger partial charge in [0.05, 0.1) is 19.8 Å². The molecule has 0 saturated carbocycles. The van der Waals surface area contributed by atoms with Gasteiger partial charge in [-0.1, -0.05) is 0 Å². The van der Waals surface area contributed by atoms with Crippen LogP contribution in [0.15, 0.2) is 0 Å². The fourth-order valence-corrected chi connectivity index (χ4v) is 0.971. The molecule has 0 amide bonds. The zero-order chi connectivity index (χ0) is 6.32. The van der Waals surface area contributed by atoms with E-state index in [-0.39, 0.29) is 0 Å². The second-order valence-corrected chi connectivity index (χ2v) is 2.40. The standard InChI is InChI=1S/C5H9NO3/c6-5-7-1-4(2-8-5)3-9-5/h4H,1-3,6H2. The molecule has 52 valence electrons. The first kappa shape index (κ1) is 5.61. The predicted molar refractivity (Wildman–Crippen MR) is 28.3 cm³/mol. The lowest BCUT2D eigenvalue weighted by Crippen LogP contribution is -2.59. The quantitative estimate of drug-likeness (QED) is 0.470. The minimum absolute atomic E-state index is 0.385. The average molecular weight is 131 g/mol. The molecule has 0 aromatic carbocycles. The number of nitrogens with two attached hydrogens (primary N) is 1. The van der Waals surface area contributed by atoms with Gasteiger partial charge in [0.2, 0.25) is 0 Å². The molecular weight excluding hydrogens is 122 g/mol. The highest BCUT2D eigenvalue weighted by Gasteiger charge is 2.41. The van der Waals surface area contributed by atoms with Crippen molar-refractivity contribution in [3.8, 4) is 0 Å². The summed E-state index contributed by atoms with van der Waals surface area (Å²) in [4.78, 5) is 0. The topological polar surface area (TPSA) is 53.7 Å². The molecule has 0 spiro atoms. The fourth-order valence-electron chi connectivity index (χ4n) is 0.971. The first-order valence-electron chi connectivity index (χ1n) is 2.99. The largest absolute Gasteiger partial charge is 0.348 e. The van der Waals surface area contributed by atoms with Gasteiger partial charge in [-0.3, -0.25) is 5.73 Å². The summed E-state index contributed by atoms with van der Waals surface area (Å²) < 4.78 is 15.0. The smallest absolute Gasteiger partial charge is 0.314 e. The van der Waals surface area contributed by atoms with Crippen molar-refractivity contribution >= 4 is 0 Å². The highest BCUT2D eigenvalue weighted by Crippen LogP contribution is 2.25. The van der Waals surface area contributed by atoms with Crippen molar-refractivity contribution in [2.45, 2.75) is 6.10 Å². The van der Waals surface area contributed by atoms with Gasteiger partial charge in [0, 0.05) is 5.92 Å². The van der Waals surface area contributed by atoms with E-state index in [9.17, 15) is 0 Å². The van der Waals surface area contributed by atoms with Crippen LogP contribution in [0.25, 0.3) is 0 Å². The molecule has 9 heavy (non-hydrogen) atoms. The summed E-state index contributed by atoms with van der Waals surface area (Å²) in [6.07, 6.45) is -1.21. The van der Waals surface area contributed by atoms with Crippen LogP contribution in [0, 0.1) is 5.92 Å². The monoisotopic (exact) mass is 131 g/mol. The van der Waals surface area contributed by atoms with Crippen molar-refractivity contribution < 1.29 is 14.2 Å². The van der Waals surface area contributed by atoms with Gasteiger partial charge in [-0.25, -0.2) is 0 Å². The zero-order valence-electron chi connectivity index (χ0n) is 5.00. The third kappa shape index (κ3) is 0.840. The Bertz CT molecular complexity index is 106. The number of rotatable bonds is 0. The number of hydrogen-bond donors (Lipinski definition) is 1. The Morgan fingerprint density at radius 2 is 1.56 bits per heavy atom. The fraction of sp³-hybridized carbons (Fsp3) is 1.00. The first-order valence-corrected chi connectivity index (χ1v) is 2.99. The highest BCUT2D eigenvalue weighted by atomic mass is 16.9. The summed E-state index contributed by atoms with van der Waals surface area (Å²) in [5.74, 6) is 0.385. The van der Waals surface area contributed by atoms with E-state index in [1.54, 1.807) is 0 Å². The Hall–Kier alpha value is -0.160. The summed E-state index contributed by atoms with van der Waals surface area (Å²) in [6.45, 7) is 1.99. The normalized spacial score (nSPS) is 49.7. The molecular formula is C5H9NO3. The van der Waals surface area contributed by atoms with Crippen molar-refractivity contribution in [1.29, 1.82) is 0 Å². The summed E-state index contributed by atoms with van der Waals surface area (Å²) in [5, 5.41) is 0. The van der Waals surface area contributed by atoms with E-state index in [0.717, 1.165) is 0 Å². The SMILES string of the molecule is NC12OCC(CO1)CO2. The van der Waals surface area contributed by atoms with Crippen molar-refractivity contribution in [3.63, 3.8) is 0 Å². The van der Waals surface area contributed by atoms with E-state index in [1.807, 2.05) is 0 Å². The molecule has 3 rings (SSSR count). The Labute approximate surface area is 52.9 Å². The van der Waals surface area contributed by atoms with E-state index in [4.69, 9.17) is 19.9 Å². The van der Waals surface area contributed by atoms with Crippen LogP contribution in [-0.2, 0) is 14.2 Å². The molecule has 3 saturated heterocycles. The van der Waals surface area contributed by atoms with Crippen LogP contribution in [0.5, 0.6) is 0 Å². The van der Waals surface area contributed by atoms with Gasteiger partial charge in [-0.05, 0) is 0 Å². The lowest BCUT2D eigenvalue weighted by Gasteiger charge is -2.41. The molecule has 3 fully saturated rings. The van der Waals surface area contributed by atoms with Crippen LogP contribution < -0.4 is 5.73 Å². The Morgan fingerprint density at radius 3 is 1.78 bits per heavy atom. The summed E-state index contributed by atoms with van der Waals surface area (Å²) in [5.41, 5.74) is 5.43. The average Bonchev–Trinajstić information content (AvgIpc) is 1.90. The van der Waals surface area contributed by atoms with Crippen LogP contribution in [0.3, 0.4) is 0 Å². The maximum atomic E-state index is 5.43. The predicted octanol–water partition coefficient (Wildman–Crippen LogP) is -0.750. The lowest BCUT2D eigenvalue weighted by atomic mass is 10.1. The second-order valence-electron chi connectivity index (χ2n) is 2.40. The van der Waals surface area contributed by atoms with Gasteiger partial charge in [0.1, 0.15) is 0 Å². The number of fused-ring (bicyclic) bond motifs is 3. The van der Waals surface area contributed by atoms with Crippen LogP contribution >= 0.6 is 0 Å². The van der Waals surface area contributed by atoms with Crippen LogP contribution in [0.4, 0.5) is 0 Å². The molecule has 0 unspecified atom stereocenters. The Kier molecular flexibility index (Phi) is 1.04. The van der Waals surface area contributed by atoms with Crippen molar-refractivity contribution in [2.75, 3.05) is 19.8 Å². The summed E-state index contributed by atoms with van der Waals surface area (Å²) in [7, 11) is 0.